The molecule has 3 amide bonds. The van der Waals surface area contributed by atoms with E-state index in [2.05, 4.69) is 16.0 Å². The van der Waals surface area contributed by atoms with Gasteiger partial charge in [-0.3, -0.25) is 4.79 Å². The van der Waals surface area contributed by atoms with E-state index in [0.717, 1.165) is 24.1 Å². The average Bonchev–Trinajstić information content (AvgIpc) is 2.78. The van der Waals surface area contributed by atoms with E-state index in [1.807, 2.05) is 30.3 Å². The lowest BCUT2D eigenvalue weighted by atomic mass is 9.72. The Labute approximate surface area is 189 Å². The van der Waals surface area contributed by atoms with Crippen LogP contribution in [0.5, 0.6) is 0 Å². The van der Waals surface area contributed by atoms with Crippen molar-refractivity contribution in [3.8, 4) is 0 Å². The number of anilines is 2. The van der Waals surface area contributed by atoms with Crippen LogP contribution >= 0.6 is 0 Å². The highest BCUT2D eigenvalue weighted by Crippen LogP contribution is 2.41. The zero-order valence-corrected chi connectivity index (χ0v) is 17.6. The quantitative estimate of drug-likeness (QED) is 0.433. The number of urea groups is 1. The SMILES string of the molecule is O=C(Nc1ccc(NC(=O)c2ccccc2)cc1C(F)(F)F)NC1(c2ccccc2)CCC1. The third kappa shape index (κ3) is 5.00. The molecule has 170 valence electrons. The summed E-state index contributed by atoms with van der Waals surface area (Å²) >= 11 is 0. The topological polar surface area (TPSA) is 70.2 Å². The predicted octanol–water partition coefficient (Wildman–Crippen LogP) is 6.16. The Morgan fingerprint density at radius 2 is 1.45 bits per heavy atom. The number of alkyl halides is 3. The van der Waals surface area contributed by atoms with E-state index in [0.29, 0.717) is 18.4 Å². The molecular formula is C25H22F3N3O2. The molecule has 4 rings (SSSR count). The van der Waals surface area contributed by atoms with Gasteiger partial charge >= 0.3 is 12.2 Å². The predicted molar refractivity (Wildman–Crippen MR) is 120 cm³/mol. The number of halogens is 3. The minimum atomic E-state index is -4.73. The van der Waals surface area contributed by atoms with Crippen molar-refractivity contribution in [2.75, 3.05) is 10.6 Å². The molecule has 3 N–H and O–H groups in total. The van der Waals surface area contributed by atoms with Crippen LogP contribution in [0.25, 0.3) is 0 Å². The van der Waals surface area contributed by atoms with Crippen molar-refractivity contribution in [2.24, 2.45) is 0 Å². The second kappa shape index (κ2) is 8.97. The lowest BCUT2D eigenvalue weighted by molar-refractivity contribution is -0.136. The van der Waals surface area contributed by atoms with Gasteiger partial charge in [0.1, 0.15) is 0 Å². The second-order valence-electron chi connectivity index (χ2n) is 7.96. The van der Waals surface area contributed by atoms with Crippen molar-refractivity contribution >= 4 is 23.3 Å². The van der Waals surface area contributed by atoms with Crippen LogP contribution in [0.3, 0.4) is 0 Å². The molecule has 0 atom stereocenters. The Morgan fingerprint density at radius 3 is 2.03 bits per heavy atom. The summed E-state index contributed by atoms with van der Waals surface area (Å²) in [4.78, 5) is 25.0. The van der Waals surface area contributed by atoms with Gasteiger partial charge in [-0.25, -0.2) is 4.79 Å². The summed E-state index contributed by atoms with van der Waals surface area (Å²) in [5, 5.41) is 7.66. The number of benzene rings is 3. The highest BCUT2D eigenvalue weighted by Gasteiger charge is 2.40. The Balaban J connectivity index is 1.52. The summed E-state index contributed by atoms with van der Waals surface area (Å²) in [6.45, 7) is 0. The van der Waals surface area contributed by atoms with E-state index < -0.39 is 29.2 Å². The van der Waals surface area contributed by atoms with Gasteiger partial charge in [0.05, 0.1) is 16.8 Å². The Morgan fingerprint density at radius 1 is 0.818 bits per heavy atom. The Kier molecular flexibility index (Phi) is 6.09. The summed E-state index contributed by atoms with van der Waals surface area (Å²) in [7, 11) is 0. The number of hydrogen-bond acceptors (Lipinski definition) is 2. The summed E-state index contributed by atoms with van der Waals surface area (Å²) < 4.78 is 41.2. The van der Waals surface area contributed by atoms with Crippen LogP contribution < -0.4 is 16.0 Å². The highest BCUT2D eigenvalue weighted by atomic mass is 19.4. The molecule has 0 spiro atoms. The van der Waals surface area contributed by atoms with Crippen molar-refractivity contribution in [1.29, 1.82) is 0 Å². The third-order valence-electron chi connectivity index (χ3n) is 5.75. The summed E-state index contributed by atoms with van der Waals surface area (Å²) in [5.41, 5.74) is -0.818. The van der Waals surface area contributed by atoms with Crippen LogP contribution in [-0.2, 0) is 11.7 Å². The molecule has 33 heavy (non-hydrogen) atoms. The maximum Gasteiger partial charge on any atom is 0.418 e. The van der Waals surface area contributed by atoms with E-state index >= 15 is 0 Å². The van der Waals surface area contributed by atoms with Crippen LogP contribution in [0.4, 0.5) is 29.3 Å². The van der Waals surface area contributed by atoms with E-state index in [4.69, 9.17) is 0 Å². The smallest absolute Gasteiger partial charge is 0.328 e. The maximum absolute atomic E-state index is 13.7. The second-order valence-corrected chi connectivity index (χ2v) is 7.96. The first kappa shape index (κ1) is 22.4. The zero-order valence-electron chi connectivity index (χ0n) is 17.6. The third-order valence-corrected chi connectivity index (χ3v) is 5.75. The normalized spacial score (nSPS) is 14.6. The van der Waals surface area contributed by atoms with E-state index in [-0.39, 0.29) is 11.4 Å². The molecule has 0 saturated heterocycles. The lowest BCUT2D eigenvalue weighted by Crippen LogP contribution is -2.52. The van der Waals surface area contributed by atoms with Crippen LogP contribution in [0, 0.1) is 0 Å². The van der Waals surface area contributed by atoms with E-state index in [9.17, 15) is 22.8 Å². The first-order chi connectivity index (χ1) is 15.8. The van der Waals surface area contributed by atoms with E-state index in [1.165, 1.54) is 6.07 Å². The number of carbonyl (C=O) groups is 2. The first-order valence-electron chi connectivity index (χ1n) is 10.5. The molecule has 3 aromatic rings. The molecule has 0 unspecified atom stereocenters. The number of hydrogen-bond donors (Lipinski definition) is 3. The van der Waals surface area contributed by atoms with Crippen molar-refractivity contribution in [2.45, 2.75) is 31.0 Å². The van der Waals surface area contributed by atoms with Crippen LogP contribution in [0.2, 0.25) is 0 Å². The molecule has 1 saturated carbocycles. The van der Waals surface area contributed by atoms with Gasteiger partial charge in [0.15, 0.2) is 0 Å². The van der Waals surface area contributed by atoms with Crippen molar-refractivity contribution in [3.63, 3.8) is 0 Å². The summed E-state index contributed by atoms with van der Waals surface area (Å²) in [6.07, 6.45) is -2.40. The van der Waals surface area contributed by atoms with Crippen molar-refractivity contribution in [3.05, 3.63) is 95.6 Å². The number of rotatable bonds is 5. The molecule has 0 heterocycles. The highest BCUT2D eigenvalue weighted by molar-refractivity contribution is 6.04. The molecular weight excluding hydrogens is 431 g/mol. The number of carbonyl (C=O) groups excluding carboxylic acids is 2. The van der Waals surface area contributed by atoms with Crippen LogP contribution in [0.1, 0.15) is 40.7 Å². The van der Waals surface area contributed by atoms with Gasteiger partial charge in [-0.1, -0.05) is 48.5 Å². The van der Waals surface area contributed by atoms with Gasteiger partial charge in [-0.2, -0.15) is 13.2 Å². The Hall–Kier alpha value is -3.81. The van der Waals surface area contributed by atoms with Gasteiger partial charge < -0.3 is 16.0 Å². The van der Waals surface area contributed by atoms with Crippen molar-refractivity contribution in [1.82, 2.24) is 5.32 Å². The molecule has 3 aromatic carbocycles. The van der Waals surface area contributed by atoms with Gasteiger partial charge in [-0.05, 0) is 55.2 Å². The fraction of sp³-hybridized carbons (Fsp3) is 0.200. The molecule has 5 nitrogen and oxygen atoms in total. The van der Waals surface area contributed by atoms with Gasteiger partial charge in [-0.15, -0.1) is 0 Å². The molecule has 1 aliphatic carbocycles. The summed E-state index contributed by atoms with van der Waals surface area (Å²) in [5.74, 6) is -0.531. The molecule has 1 fully saturated rings. The molecule has 0 bridgehead atoms. The first-order valence-corrected chi connectivity index (χ1v) is 10.5. The molecule has 0 aromatic heterocycles. The van der Waals surface area contributed by atoms with Gasteiger partial charge in [0.25, 0.3) is 5.91 Å². The molecule has 8 heteroatoms. The lowest BCUT2D eigenvalue weighted by Gasteiger charge is -2.43. The van der Waals surface area contributed by atoms with Gasteiger partial charge in [0.2, 0.25) is 0 Å². The van der Waals surface area contributed by atoms with Crippen LogP contribution in [-0.4, -0.2) is 11.9 Å². The maximum atomic E-state index is 13.7. The fourth-order valence-electron chi connectivity index (χ4n) is 3.90. The molecule has 1 aliphatic rings. The number of nitrogens with one attached hydrogen (secondary N) is 3. The minimum Gasteiger partial charge on any atom is -0.328 e. The van der Waals surface area contributed by atoms with E-state index in [1.54, 1.807) is 30.3 Å². The monoisotopic (exact) mass is 453 g/mol. The average molecular weight is 453 g/mol. The van der Waals surface area contributed by atoms with Gasteiger partial charge in [0, 0.05) is 11.3 Å². The molecule has 0 aliphatic heterocycles. The minimum absolute atomic E-state index is 0.0260. The molecule has 0 radical (unpaired) electrons. The zero-order chi connectivity index (χ0) is 23.5. The standard InChI is InChI=1S/C25H22F3N3O2/c26-25(27,28)20-16-19(29-22(32)17-8-3-1-4-9-17)12-13-21(20)30-23(33)31-24(14-7-15-24)18-10-5-2-6-11-18/h1-6,8-13,16H,7,14-15H2,(H,29,32)(H2,30,31,33). The largest absolute Gasteiger partial charge is 0.418 e. The van der Waals surface area contributed by atoms with Crippen molar-refractivity contribution < 1.29 is 22.8 Å². The van der Waals surface area contributed by atoms with Crippen LogP contribution in [0.15, 0.2) is 78.9 Å². The fourth-order valence-corrected chi connectivity index (χ4v) is 3.90. The number of amides is 3. The summed E-state index contributed by atoms with van der Waals surface area (Å²) in [6, 6.07) is 20.1. The Bertz CT molecular complexity index is 1140.